The van der Waals surface area contributed by atoms with Crippen molar-refractivity contribution in [3.05, 3.63) is 71.8 Å². The molecule has 2 unspecified atom stereocenters. The molecule has 4 heterocycles. The van der Waals surface area contributed by atoms with Crippen LogP contribution in [0.1, 0.15) is 128 Å². The van der Waals surface area contributed by atoms with E-state index in [1.165, 1.54) is 102 Å². The first kappa shape index (κ1) is 28.5. The van der Waals surface area contributed by atoms with Crippen LogP contribution >= 0.6 is 23.8 Å². The van der Waals surface area contributed by atoms with Crippen molar-refractivity contribution in [2.45, 2.75) is 143 Å². The molecular formula is C40H51P3. The van der Waals surface area contributed by atoms with Crippen LogP contribution in [0.4, 0.5) is 0 Å². The highest BCUT2D eigenvalue weighted by Gasteiger charge is 3.09. The Bertz CT molecular complexity index is 1450. The van der Waals surface area contributed by atoms with Crippen LogP contribution in [0.25, 0.3) is 0 Å². The molecule has 4 saturated heterocycles. The summed E-state index contributed by atoms with van der Waals surface area (Å²) in [5, 5.41) is 1.50. The Morgan fingerprint density at radius 3 is 1.77 bits per heavy atom. The second-order valence-electron chi connectivity index (χ2n) is 16.5. The van der Waals surface area contributed by atoms with Crippen molar-refractivity contribution in [3.63, 3.8) is 0 Å². The Kier molecular flexibility index (Phi) is 6.41. The van der Waals surface area contributed by atoms with Crippen LogP contribution in [0.5, 0.6) is 0 Å². The highest BCUT2D eigenvalue weighted by atomic mass is 31.2. The first-order valence-electron chi connectivity index (χ1n) is 17.9. The van der Waals surface area contributed by atoms with E-state index in [0.29, 0.717) is 31.2 Å². The molecule has 0 nitrogen and oxygen atoms in total. The summed E-state index contributed by atoms with van der Waals surface area (Å²) in [7, 11) is -0.450. The highest BCUT2D eigenvalue weighted by molar-refractivity contribution is 8.09. The third kappa shape index (κ3) is 3.29. The zero-order valence-electron chi connectivity index (χ0n) is 26.9. The van der Waals surface area contributed by atoms with Gasteiger partial charge in [0.05, 0.1) is 0 Å². The van der Waals surface area contributed by atoms with E-state index in [0.717, 1.165) is 11.1 Å². The van der Waals surface area contributed by atoms with Gasteiger partial charge in [-0.1, -0.05) is 155 Å². The van der Waals surface area contributed by atoms with E-state index in [1.807, 2.05) is 0 Å². The van der Waals surface area contributed by atoms with Crippen molar-refractivity contribution in [1.82, 2.24) is 0 Å². The van der Waals surface area contributed by atoms with Gasteiger partial charge < -0.3 is 0 Å². The van der Waals surface area contributed by atoms with E-state index in [4.69, 9.17) is 0 Å². The van der Waals surface area contributed by atoms with Gasteiger partial charge in [0.2, 0.25) is 0 Å². The normalized spacial score (nSPS) is 44.1. The molecule has 43 heavy (non-hydrogen) atoms. The average molecular weight is 625 g/mol. The molecule has 2 aromatic carbocycles. The minimum absolute atomic E-state index is 0.0141. The maximum absolute atomic E-state index is 4.45. The summed E-state index contributed by atoms with van der Waals surface area (Å²) in [6.07, 6.45) is 22.1. The van der Waals surface area contributed by atoms with E-state index in [-0.39, 0.29) is 23.8 Å². The number of benzene rings is 2. The SMILES string of the molecule is CC1([C@H]2P3[C@@H]4[C@@]3(C3(C)CCCCC3)[P@](C#Cc3ccccc3)[C@]3(C5(C)CCCCC5)P2[C@]43c2ccccc2)CCCCC1. The van der Waals surface area contributed by atoms with Crippen LogP contribution in [-0.4, -0.2) is 20.9 Å². The van der Waals surface area contributed by atoms with Gasteiger partial charge in [-0.3, -0.25) is 0 Å². The van der Waals surface area contributed by atoms with Crippen LogP contribution < -0.4 is 0 Å². The Morgan fingerprint density at radius 2 is 1.16 bits per heavy atom. The van der Waals surface area contributed by atoms with Crippen molar-refractivity contribution in [2.24, 2.45) is 16.2 Å². The van der Waals surface area contributed by atoms with E-state index in [9.17, 15) is 0 Å². The van der Waals surface area contributed by atoms with Crippen LogP contribution in [0, 0.1) is 27.8 Å². The van der Waals surface area contributed by atoms with Gasteiger partial charge in [-0.15, -0.1) is 0 Å². The average Bonchev–Trinajstić information content (AvgIpc) is 3.85. The molecule has 0 radical (unpaired) electrons. The van der Waals surface area contributed by atoms with Gasteiger partial charge in [0, 0.05) is 31.6 Å². The summed E-state index contributed by atoms with van der Waals surface area (Å²) in [4.78, 5) is 1.01. The van der Waals surface area contributed by atoms with Crippen molar-refractivity contribution in [1.29, 1.82) is 0 Å². The maximum atomic E-state index is 4.45. The molecule has 0 bridgehead atoms. The topological polar surface area (TPSA) is 0 Å². The van der Waals surface area contributed by atoms with Gasteiger partial charge in [-0.25, -0.2) is 0 Å². The molecule has 0 spiro atoms. The molecule has 0 aromatic heterocycles. The molecule has 7 fully saturated rings. The second kappa shape index (κ2) is 9.66. The van der Waals surface area contributed by atoms with Gasteiger partial charge in [-0.05, 0) is 80.4 Å². The monoisotopic (exact) mass is 624 g/mol. The maximum Gasteiger partial charge on any atom is 0.0436 e. The first-order chi connectivity index (χ1) is 20.9. The van der Waals surface area contributed by atoms with Crippen LogP contribution in [0.2, 0.25) is 0 Å². The smallest absolute Gasteiger partial charge is 0.0436 e. The number of hydrogen-bond acceptors (Lipinski definition) is 0. The fraction of sp³-hybridized carbons (Fsp3) is 0.650. The van der Waals surface area contributed by atoms with Crippen molar-refractivity contribution >= 4 is 23.8 Å². The zero-order chi connectivity index (χ0) is 29.1. The summed E-state index contributed by atoms with van der Waals surface area (Å²) in [6.45, 7) is 8.53. The Labute approximate surface area is 265 Å². The lowest BCUT2D eigenvalue weighted by atomic mass is 9.66. The fourth-order valence-corrected chi connectivity index (χ4v) is 36.1. The van der Waals surface area contributed by atoms with Gasteiger partial charge in [0.15, 0.2) is 0 Å². The van der Waals surface area contributed by atoms with Crippen LogP contribution in [0.3, 0.4) is 0 Å². The second-order valence-corrected chi connectivity index (χ2v) is 25.0. The van der Waals surface area contributed by atoms with E-state index in [1.54, 1.807) is 5.56 Å². The summed E-state index contributed by atoms with van der Waals surface area (Å²) in [6, 6.07) is 23.5. The minimum Gasteiger partial charge on any atom is -0.0796 e. The molecule has 3 saturated carbocycles. The predicted molar refractivity (Wildman–Crippen MR) is 189 cm³/mol. The van der Waals surface area contributed by atoms with E-state index >= 15 is 0 Å². The predicted octanol–water partition coefficient (Wildman–Crippen LogP) is 12.4. The molecular weight excluding hydrogens is 573 g/mol. The molecule has 226 valence electrons. The number of rotatable bonds is 4. The zero-order valence-corrected chi connectivity index (χ0v) is 29.6. The molecule has 3 heteroatoms. The molecule has 2 aromatic rings. The van der Waals surface area contributed by atoms with Gasteiger partial charge in [0.25, 0.3) is 0 Å². The van der Waals surface area contributed by atoms with E-state index < -0.39 is 0 Å². The third-order valence-electron chi connectivity index (χ3n) is 14.3. The quantitative estimate of drug-likeness (QED) is 0.235. The molecule has 3 aliphatic carbocycles. The standard InChI is InChI=1S/C40H51P3/c1-35(24-13-6-14-25-35)34-42-33-38(32-21-11-5-12-22-32)40(43(34)38,37(3)28-17-8-18-29-37)41(30-23-31-19-9-4-10-20-31)39(33,42)36(2)26-15-7-16-27-36/h4-5,9-12,19-22,33-34H,6-8,13-18,24-29H2,1-3H3/t33-,34-,38+,39+,40+,41-,42?,43?/m0/s1. The van der Waals surface area contributed by atoms with E-state index in [2.05, 4.69) is 93.0 Å². The minimum atomic E-state index is -0.390. The number of fused-ring (bicyclic) bond motifs is 2. The first-order valence-corrected chi connectivity index (χ1v) is 22.2. The molecule has 4 aliphatic heterocycles. The summed E-state index contributed by atoms with van der Waals surface area (Å²) < 4.78 is 0. The number of hydrogen-bond donors (Lipinski definition) is 0. The van der Waals surface area contributed by atoms with Crippen molar-refractivity contribution in [2.75, 3.05) is 0 Å². The van der Waals surface area contributed by atoms with Crippen LogP contribution in [-0.2, 0) is 5.16 Å². The largest absolute Gasteiger partial charge is 0.0796 e. The summed E-state index contributed by atoms with van der Waals surface area (Å²) in [5.41, 5.74) is 10.00. The van der Waals surface area contributed by atoms with Gasteiger partial charge in [0.1, 0.15) is 0 Å². The third-order valence-corrected chi connectivity index (χ3v) is 30.1. The molecule has 0 amide bonds. The van der Waals surface area contributed by atoms with Crippen molar-refractivity contribution < 1.29 is 0 Å². The fourth-order valence-electron chi connectivity index (χ4n) is 12.7. The molecule has 7 aliphatic rings. The lowest BCUT2D eigenvalue weighted by Crippen LogP contribution is -2.45. The highest BCUT2D eigenvalue weighted by Crippen LogP contribution is 3.28. The lowest BCUT2D eigenvalue weighted by Gasteiger charge is -2.57. The lowest BCUT2D eigenvalue weighted by molar-refractivity contribution is 0.190. The van der Waals surface area contributed by atoms with Gasteiger partial charge >= 0.3 is 0 Å². The van der Waals surface area contributed by atoms with Crippen molar-refractivity contribution in [3.8, 4) is 11.6 Å². The molecule has 9 rings (SSSR count). The Hall–Kier alpha value is -0.710. The molecule has 8 atom stereocenters. The Morgan fingerprint density at radius 1 is 0.628 bits per heavy atom. The molecule has 0 N–H and O–H groups in total. The Balaban J connectivity index is 1.33. The summed E-state index contributed by atoms with van der Waals surface area (Å²) in [5.74, 6) is 3.98. The van der Waals surface area contributed by atoms with Crippen LogP contribution in [0.15, 0.2) is 60.7 Å². The summed E-state index contributed by atoms with van der Waals surface area (Å²) >= 11 is 0. The van der Waals surface area contributed by atoms with Gasteiger partial charge in [-0.2, -0.15) is 0 Å².